The number of hydrogen-bond acceptors (Lipinski definition) is 3. The second-order valence-electron chi connectivity index (χ2n) is 3.87. The van der Waals surface area contributed by atoms with Crippen LogP contribution < -0.4 is 5.32 Å². The van der Waals surface area contributed by atoms with E-state index in [4.69, 9.17) is 10.2 Å². The van der Waals surface area contributed by atoms with Gasteiger partial charge in [-0.05, 0) is 12.1 Å². The van der Waals surface area contributed by atoms with Crippen LogP contribution in [-0.2, 0) is 16.0 Å². The van der Waals surface area contributed by atoms with Gasteiger partial charge in [0.15, 0.2) is 6.10 Å². The summed E-state index contributed by atoms with van der Waals surface area (Å²) in [4.78, 5) is 21.7. The van der Waals surface area contributed by atoms with Crippen LogP contribution in [0, 0.1) is 11.6 Å². The lowest BCUT2D eigenvalue weighted by molar-refractivity contribution is -0.147. The summed E-state index contributed by atoms with van der Waals surface area (Å²) in [5.41, 5.74) is -0.348. The molecule has 19 heavy (non-hydrogen) atoms. The van der Waals surface area contributed by atoms with Gasteiger partial charge in [-0.15, -0.1) is 0 Å². The molecule has 3 N–H and O–H groups in total. The van der Waals surface area contributed by atoms with Crippen LogP contribution in [0.3, 0.4) is 0 Å². The Hall–Kier alpha value is -2.02. The quantitative estimate of drug-likeness (QED) is 0.702. The molecule has 0 spiro atoms. The van der Waals surface area contributed by atoms with E-state index in [1.165, 1.54) is 6.07 Å². The van der Waals surface area contributed by atoms with Crippen molar-refractivity contribution in [3.05, 3.63) is 35.4 Å². The first-order valence-electron chi connectivity index (χ1n) is 5.52. The van der Waals surface area contributed by atoms with Gasteiger partial charge in [0.05, 0.1) is 6.42 Å². The van der Waals surface area contributed by atoms with Gasteiger partial charge in [-0.3, -0.25) is 4.79 Å². The van der Waals surface area contributed by atoms with Gasteiger partial charge in [0, 0.05) is 18.5 Å². The van der Waals surface area contributed by atoms with E-state index < -0.39 is 36.0 Å². The molecule has 104 valence electrons. The number of benzene rings is 1. The average Bonchev–Trinajstić information content (AvgIpc) is 2.33. The zero-order valence-electron chi connectivity index (χ0n) is 9.90. The summed E-state index contributed by atoms with van der Waals surface area (Å²) in [5.74, 6) is -3.68. The van der Waals surface area contributed by atoms with Crippen molar-refractivity contribution in [2.24, 2.45) is 0 Å². The molecule has 0 aliphatic carbocycles. The molecule has 7 heteroatoms. The molecular weight excluding hydrogens is 260 g/mol. The maximum absolute atomic E-state index is 13.2. The number of aliphatic hydroxyl groups excluding tert-OH is 1. The minimum absolute atomic E-state index is 0.0949. The Morgan fingerprint density at radius 1 is 1.26 bits per heavy atom. The SMILES string of the molecule is O=C(Cc1c(F)cccc1F)NCCC(O)C(=O)O. The Balaban J connectivity index is 2.46. The van der Waals surface area contributed by atoms with Crippen molar-refractivity contribution in [3.8, 4) is 0 Å². The maximum atomic E-state index is 13.2. The Morgan fingerprint density at radius 2 is 1.84 bits per heavy atom. The molecule has 0 bridgehead atoms. The van der Waals surface area contributed by atoms with Crippen molar-refractivity contribution in [1.29, 1.82) is 0 Å². The number of amides is 1. The fourth-order valence-electron chi connectivity index (χ4n) is 1.40. The fraction of sp³-hybridized carbons (Fsp3) is 0.333. The highest BCUT2D eigenvalue weighted by Gasteiger charge is 2.15. The molecule has 0 aliphatic rings. The molecule has 1 atom stereocenters. The number of aliphatic carboxylic acids is 1. The molecule has 1 rings (SSSR count). The van der Waals surface area contributed by atoms with Gasteiger partial charge in [0.25, 0.3) is 0 Å². The number of halogens is 2. The molecule has 1 unspecified atom stereocenters. The van der Waals surface area contributed by atoms with E-state index in [0.29, 0.717) is 0 Å². The zero-order valence-corrected chi connectivity index (χ0v) is 9.90. The van der Waals surface area contributed by atoms with Crippen LogP contribution >= 0.6 is 0 Å². The van der Waals surface area contributed by atoms with Crippen LogP contribution in [0.15, 0.2) is 18.2 Å². The highest BCUT2D eigenvalue weighted by atomic mass is 19.1. The maximum Gasteiger partial charge on any atom is 0.332 e. The zero-order chi connectivity index (χ0) is 14.4. The van der Waals surface area contributed by atoms with Crippen LogP contribution in [0.4, 0.5) is 8.78 Å². The van der Waals surface area contributed by atoms with E-state index in [1.807, 2.05) is 0 Å². The third-order valence-electron chi connectivity index (χ3n) is 2.42. The first-order valence-corrected chi connectivity index (χ1v) is 5.52. The van der Waals surface area contributed by atoms with E-state index in [0.717, 1.165) is 12.1 Å². The summed E-state index contributed by atoms with van der Waals surface area (Å²) in [6.07, 6.45) is -2.24. The summed E-state index contributed by atoms with van der Waals surface area (Å²) < 4.78 is 26.5. The van der Waals surface area contributed by atoms with Crippen molar-refractivity contribution < 1.29 is 28.6 Å². The van der Waals surface area contributed by atoms with Gasteiger partial charge in [-0.1, -0.05) is 6.07 Å². The Labute approximate surface area is 107 Å². The van der Waals surface area contributed by atoms with E-state index in [-0.39, 0.29) is 18.5 Å². The number of carbonyl (C=O) groups is 2. The minimum atomic E-state index is -1.58. The summed E-state index contributed by atoms with van der Waals surface area (Å²) in [7, 11) is 0. The molecule has 0 radical (unpaired) electrons. The van der Waals surface area contributed by atoms with Gasteiger partial charge in [0.1, 0.15) is 11.6 Å². The molecule has 1 amide bonds. The van der Waals surface area contributed by atoms with Gasteiger partial charge in [-0.25, -0.2) is 13.6 Å². The smallest absolute Gasteiger partial charge is 0.332 e. The van der Waals surface area contributed by atoms with E-state index in [2.05, 4.69) is 5.32 Å². The van der Waals surface area contributed by atoms with E-state index in [9.17, 15) is 18.4 Å². The van der Waals surface area contributed by atoms with Gasteiger partial charge < -0.3 is 15.5 Å². The van der Waals surface area contributed by atoms with Crippen LogP contribution in [0.25, 0.3) is 0 Å². The Morgan fingerprint density at radius 3 is 2.37 bits per heavy atom. The van der Waals surface area contributed by atoms with Crippen molar-refractivity contribution >= 4 is 11.9 Å². The number of carboxylic acid groups (broad SMARTS) is 1. The highest BCUT2D eigenvalue weighted by Crippen LogP contribution is 2.12. The molecule has 0 aromatic heterocycles. The molecule has 0 heterocycles. The highest BCUT2D eigenvalue weighted by molar-refractivity contribution is 5.78. The first kappa shape index (κ1) is 15.0. The minimum Gasteiger partial charge on any atom is -0.479 e. The normalized spacial score (nSPS) is 11.9. The molecule has 0 saturated heterocycles. The van der Waals surface area contributed by atoms with E-state index >= 15 is 0 Å². The van der Waals surface area contributed by atoms with Gasteiger partial charge in [0.2, 0.25) is 5.91 Å². The van der Waals surface area contributed by atoms with Gasteiger partial charge in [-0.2, -0.15) is 0 Å². The second kappa shape index (κ2) is 6.79. The largest absolute Gasteiger partial charge is 0.479 e. The third kappa shape index (κ3) is 4.63. The Kier molecular flexibility index (Phi) is 5.37. The fourth-order valence-corrected chi connectivity index (χ4v) is 1.40. The molecule has 0 fully saturated rings. The lowest BCUT2D eigenvalue weighted by atomic mass is 10.1. The van der Waals surface area contributed by atoms with Crippen LogP contribution in [0.5, 0.6) is 0 Å². The second-order valence-corrected chi connectivity index (χ2v) is 3.87. The summed E-state index contributed by atoms with van der Waals surface area (Å²) in [6.45, 7) is -0.0949. The number of hydrogen-bond donors (Lipinski definition) is 3. The monoisotopic (exact) mass is 273 g/mol. The first-order chi connectivity index (χ1) is 8.91. The van der Waals surface area contributed by atoms with Crippen LogP contribution in [-0.4, -0.2) is 34.7 Å². The summed E-state index contributed by atoms with van der Waals surface area (Å²) in [5, 5.41) is 19.6. The lowest BCUT2D eigenvalue weighted by Crippen LogP contribution is -2.31. The lowest BCUT2D eigenvalue weighted by Gasteiger charge is -2.08. The van der Waals surface area contributed by atoms with Crippen LogP contribution in [0.1, 0.15) is 12.0 Å². The number of aliphatic hydroxyl groups is 1. The molecule has 1 aromatic carbocycles. The average molecular weight is 273 g/mol. The van der Waals surface area contributed by atoms with Gasteiger partial charge >= 0.3 is 5.97 Å². The number of carboxylic acids is 1. The molecule has 0 aliphatic heterocycles. The predicted octanol–water partition coefficient (Wildman–Crippen LogP) is 0.459. The summed E-state index contributed by atoms with van der Waals surface area (Å²) in [6, 6.07) is 3.27. The predicted molar refractivity (Wildman–Crippen MR) is 61.3 cm³/mol. The van der Waals surface area contributed by atoms with Crippen molar-refractivity contribution in [3.63, 3.8) is 0 Å². The Bertz CT molecular complexity index is 459. The standard InChI is InChI=1S/C12H13F2NO4/c13-8-2-1-3-9(14)7(8)6-11(17)15-5-4-10(16)12(18)19/h1-3,10,16H,4-6H2,(H,15,17)(H,18,19). The molecule has 5 nitrogen and oxygen atoms in total. The van der Waals surface area contributed by atoms with E-state index in [1.54, 1.807) is 0 Å². The topological polar surface area (TPSA) is 86.6 Å². The molecule has 0 saturated carbocycles. The molecule has 1 aromatic rings. The molecular formula is C12H13F2NO4. The number of carbonyl (C=O) groups excluding carboxylic acids is 1. The van der Waals surface area contributed by atoms with Crippen LogP contribution in [0.2, 0.25) is 0 Å². The number of nitrogens with one attached hydrogen (secondary N) is 1. The third-order valence-corrected chi connectivity index (χ3v) is 2.42. The number of rotatable bonds is 6. The van der Waals surface area contributed by atoms with Crippen molar-refractivity contribution in [2.75, 3.05) is 6.54 Å². The summed E-state index contributed by atoms with van der Waals surface area (Å²) >= 11 is 0. The van der Waals surface area contributed by atoms with Crippen molar-refractivity contribution in [2.45, 2.75) is 18.9 Å². The van der Waals surface area contributed by atoms with Crippen molar-refractivity contribution in [1.82, 2.24) is 5.32 Å².